The fourth-order valence-electron chi connectivity index (χ4n) is 1.72. The molecule has 112 valence electrons. The third-order valence-electron chi connectivity index (χ3n) is 2.88. The van der Waals surface area contributed by atoms with Crippen molar-refractivity contribution in [2.24, 2.45) is 0 Å². The molecule has 0 spiro atoms. The number of hydrogen-bond acceptors (Lipinski definition) is 3. The summed E-state index contributed by atoms with van der Waals surface area (Å²) in [6.45, 7) is 2.95. The average Bonchev–Trinajstić information content (AvgIpc) is 2.43. The number of unbranched alkanes of at least 4 members (excludes halogenated alkanes) is 1. The Kier molecular flexibility index (Phi) is 7.25. The van der Waals surface area contributed by atoms with Gasteiger partial charge < -0.3 is 15.3 Å². The number of urea groups is 1. The Labute approximate surface area is 122 Å². The Morgan fingerprint density at radius 3 is 2.45 bits per heavy atom. The Bertz CT molecular complexity index is 448. The number of benzene rings is 1. The topological polar surface area (TPSA) is 69.6 Å². The van der Waals surface area contributed by atoms with E-state index in [4.69, 9.17) is 5.11 Å². The Balaban J connectivity index is 2.64. The summed E-state index contributed by atoms with van der Waals surface area (Å²) in [7, 11) is -1.02. The van der Waals surface area contributed by atoms with Crippen molar-refractivity contribution in [2.75, 3.05) is 31.3 Å². The highest BCUT2D eigenvalue weighted by Crippen LogP contribution is 2.12. The van der Waals surface area contributed by atoms with Gasteiger partial charge in [0.15, 0.2) is 0 Å². The van der Waals surface area contributed by atoms with E-state index < -0.39 is 10.8 Å². The SMILES string of the molecule is CCCCN(CCO)C(=O)Nc1ccc(S(C)=O)cc1. The predicted molar refractivity (Wildman–Crippen MR) is 81.4 cm³/mol. The number of aliphatic hydroxyl groups is 1. The molecule has 0 heterocycles. The standard InChI is InChI=1S/C14H22N2O3S/c1-3-4-9-16(10-11-17)14(18)15-12-5-7-13(8-6-12)20(2)19/h5-8,17H,3-4,9-11H2,1-2H3,(H,15,18). The fourth-order valence-corrected chi connectivity index (χ4v) is 2.24. The first-order valence-electron chi connectivity index (χ1n) is 6.68. The summed E-state index contributed by atoms with van der Waals surface area (Å²) >= 11 is 0. The Morgan fingerprint density at radius 1 is 1.30 bits per heavy atom. The normalized spacial score (nSPS) is 11.9. The summed E-state index contributed by atoms with van der Waals surface area (Å²) in [5.41, 5.74) is 0.656. The molecule has 0 radical (unpaired) electrons. The molecule has 0 bridgehead atoms. The number of nitrogens with one attached hydrogen (secondary N) is 1. The predicted octanol–water partition coefficient (Wildman–Crippen LogP) is 2.05. The summed E-state index contributed by atoms with van der Waals surface area (Å²) in [6, 6.07) is 6.69. The summed E-state index contributed by atoms with van der Waals surface area (Å²) < 4.78 is 11.3. The quantitative estimate of drug-likeness (QED) is 0.809. The van der Waals surface area contributed by atoms with Crippen molar-refractivity contribution < 1.29 is 14.1 Å². The van der Waals surface area contributed by atoms with Crippen molar-refractivity contribution in [2.45, 2.75) is 24.7 Å². The summed E-state index contributed by atoms with van der Waals surface area (Å²) in [4.78, 5) is 14.4. The lowest BCUT2D eigenvalue weighted by atomic mass is 10.3. The summed E-state index contributed by atoms with van der Waals surface area (Å²) in [6.07, 6.45) is 3.51. The molecule has 0 fully saturated rings. The first kappa shape index (κ1) is 16.7. The highest BCUT2D eigenvalue weighted by Gasteiger charge is 2.12. The number of rotatable bonds is 7. The van der Waals surface area contributed by atoms with Crippen molar-refractivity contribution in [3.8, 4) is 0 Å². The molecule has 0 aromatic heterocycles. The van der Waals surface area contributed by atoms with Gasteiger partial charge in [0.25, 0.3) is 0 Å². The zero-order valence-corrected chi connectivity index (χ0v) is 12.8. The molecule has 1 aromatic rings. The maximum absolute atomic E-state index is 12.1. The van der Waals surface area contributed by atoms with E-state index in [-0.39, 0.29) is 12.6 Å². The lowest BCUT2D eigenvalue weighted by Gasteiger charge is -2.22. The van der Waals surface area contributed by atoms with E-state index in [2.05, 4.69) is 12.2 Å². The van der Waals surface area contributed by atoms with Crippen LogP contribution in [-0.4, -0.2) is 46.2 Å². The van der Waals surface area contributed by atoms with Crippen LogP contribution in [-0.2, 0) is 10.8 Å². The van der Waals surface area contributed by atoms with E-state index in [1.807, 2.05) is 0 Å². The second-order valence-electron chi connectivity index (χ2n) is 4.47. The second kappa shape index (κ2) is 8.71. The van der Waals surface area contributed by atoms with Crippen LogP contribution in [0.25, 0.3) is 0 Å². The van der Waals surface area contributed by atoms with Gasteiger partial charge in [-0.1, -0.05) is 13.3 Å². The van der Waals surface area contributed by atoms with E-state index >= 15 is 0 Å². The fraction of sp³-hybridized carbons (Fsp3) is 0.500. The lowest BCUT2D eigenvalue weighted by Crippen LogP contribution is -2.37. The van der Waals surface area contributed by atoms with Crippen LogP contribution in [0.2, 0.25) is 0 Å². The maximum atomic E-state index is 12.1. The lowest BCUT2D eigenvalue weighted by molar-refractivity contribution is 0.187. The molecular formula is C14H22N2O3S. The maximum Gasteiger partial charge on any atom is 0.321 e. The summed E-state index contributed by atoms with van der Waals surface area (Å²) in [5.74, 6) is 0. The molecule has 0 aliphatic carbocycles. The van der Waals surface area contributed by atoms with Gasteiger partial charge in [-0.3, -0.25) is 4.21 Å². The third-order valence-corrected chi connectivity index (χ3v) is 3.81. The highest BCUT2D eigenvalue weighted by molar-refractivity contribution is 7.84. The third kappa shape index (κ3) is 5.30. The number of carbonyl (C=O) groups excluding carboxylic acids is 1. The molecule has 1 atom stereocenters. The van der Waals surface area contributed by atoms with Gasteiger partial charge in [-0.15, -0.1) is 0 Å². The molecule has 0 aliphatic rings. The molecule has 20 heavy (non-hydrogen) atoms. The van der Waals surface area contributed by atoms with Gasteiger partial charge in [0, 0.05) is 40.7 Å². The highest BCUT2D eigenvalue weighted by atomic mass is 32.2. The molecule has 2 N–H and O–H groups in total. The first-order valence-corrected chi connectivity index (χ1v) is 8.24. The molecule has 5 nitrogen and oxygen atoms in total. The first-order chi connectivity index (χ1) is 9.58. The van der Waals surface area contributed by atoms with Crippen LogP contribution < -0.4 is 5.32 Å². The Morgan fingerprint density at radius 2 is 1.95 bits per heavy atom. The van der Waals surface area contributed by atoms with E-state index in [0.717, 1.165) is 17.7 Å². The Hall–Kier alpha value is -1.40. The van der Waals surface area contributed by atoms with Gasteiger partial charge in [-0.05, 0) is 30.7 Å². The minimum Gasteiger partial charge on any atom is -0.395 e. The molecule has 0 aliphatic heterocycles. The number of amides is 2. The van der Waals surface area contributed by atoms with Gasteiger partial charge in [0.1, 0.15) is 0 Å². The van der Waals surface area contributed by atoms with Crippen molar-refractivity contribution >= 4 is 22.5 Å². The van der Waals surface area contributed by atoms with E-state index in [9.17, 15) is 9.00 Å². The van der Waals surface area contributed by atoms with Crippen LogP contribution in [0.1, 0.15) is 19.8 Å². The molecule has 1 unspecified atom stereocenters. The zero-order valence-electron chi connectivity index (χ0n) is 12.0. The van der Waals surface area contributed by atoms with Crippen LogP contribution in [0.5, 0.6) is 0 Å². The number of anilines is 1. The monoisotopic (exact) mass is 298 g/mol. The number of aliphatic hydroxyl groups excluding tert-OH is 1. The molecule has 1 aromatic carbocycles. The largest absolute Gasteiger partial charge is 0.395 e. The molecule has 6 heteroatoms. The smallest absolute Gasteiger partial charge is 0.321 e. The van der Waals surface area contributed by atoms with Crippen molar-refractivity contribution in [1.29, 1.82) is 0 Å². The minimum atomic E-state index is -1.02. The number of carbonyl (C=O) groups is 1. The van der Waals surface area contributed by atoms with Crippen LogP contribution in [0.4, 0.5) is 10.5 Å². The van der Waals surface area contributed by atoms with Crippen LogP contribution in [0.15, 0.2) is 29.2 Å². The minimum absolute atomic E-state index is 0.0507. The number of hydrogen-bond donors (Lipinski definition) is 2. The van der Waals surface area contributed by atoms with Gasteiger partial charge in [-0.25, -0.2) is 4.79 Å². The van der Waals surface area contributed by atoms with E-state index in [1.165, 1.54) is 0 Å². The zero-order chi connectivity index (χ0) is 15.0. The molecule has 0 saturated carbocycles. The van der Waals surface area contributed by atoms with Crippen LogP contribution in [0.3, 0.4) is 0 Å². The second-order valence-corrected chi connectivity index (χ2v) is 5.85. The molecule has 2 amide bonds. The van der Waals surface area contributed by atoms with Crippen molar-refractivity contribution in [3.63, 3.8) is 0 Å². The van der Waals surface area contributed by atoms with Crippen molar-refractivity contribution in [1.82, 2.24) is 4.90 Å². The number of nitrogens with zero attached hydrogens (tertiary/aromatic N) is 1. The van der Waals surface area contributed by atoms with Gasteiger partial charge >= 0.3 is 6.03 Å². The van der Waals surface area contributed by atoms with E-state index in [1.54, 1.807) is 35.4 Å². The molecule has 1 rings (SSSR count). The van der Waals surface area contributed by atoms with Crippen molar-refractivity contribution in [3.05, 3.63) is 24.3 Å². The van der Waals surface area contributed by atoms with Gasteiger partial charge in [-0.2, -0.15) is 0 Å². The molecular weight excluding hydrogens is 276 g/mol. The summed E-state index contributed by atoms with van der Waals surface area (Å²) in [5, 5.41) is 11.8. The molecule has 0 saturated heterocycles. The average molecular weight is 298 g/mol. The van der Waals surface area contributed by atoms with Crippen LogP contribution >= 0.6 is 0 Å². The van der Waals surface area contributed by atoms with E-state index in [0.29, 0.717) is 18.8 Å². The van der Waals surface area contributed by atoms with Crippen LogP contribution in [0, 0.1) is 0 Å². The van der Waals surface area contributed by atoms with Gasteiger partial charge in [0.2, 0.25) is 0 Å². The van der Waals surface area contributed by atoms with Gasteiger partial charge in [0.05, 0.1) is 6.61 Å².